The van der Waals surface area contributed by atoms with E-state index in [1.807, 2.05) is 0 Å². The molecule has 1 N–H and O–H groups in total. The number of halogens is 3. The molecular weight excluding hydrogens is 306 g/mol. The average Bonchev–Trinajstić information content (AvgIpc) is 2.72. The van der Waals surface area contributed by atoms with Crippen molar-refractivity contribution in [2.24, 2.45) is 0 Å². The van der Waals surface area contributed by atoms with Crippen molar-refractivity contribution in [1.82, 2.24) is 4.98 Å². The zero-order valence-corrected chi connectivity index (χ0v) is 11.0. The molecule has 8 heteroatoms. The highest BCUT2D eigenvalue weighted by atomic mass is 35.5. The molecule has 3 rings (SSSR count). The van der Waals surface area contributed by atoms with E-state index in [0.717, 1.165) is 0 Å². The number of hydrogen-bond acceptors (Lipinski definition) is 4. The maximum absolute atomic E-state index is 12.9. The van der Waals surface area contributed by atoms with Gasteiger partial charge < -0.3 is 14.8 Å². The lowest BCUT2D eigenvalue weighted by molar-refractivity contribution is -0.286. The number of nitrogens with zero attached hydrogens (tertiary/aromatic N) is 1. The first-order valence-electron chi connectivity index (χ1n) is 5.76. The Morgan fingerprint density at radius 3 is 2.71 bits per heavy atom. The molecule has 0 bridgehead atoms. The SMILES string of the molecule is O=C(Nc1ccc2c(c1)OC(F)(F)O2)c1cc(Cl)ccn1. The highest BCUT2D eigenvalue weighted by Crippen LogP contribution is 2.42. The number of alkyl halides is 2. The Morgan fingerprint density at radius 2 is 1.95 bits per heavy atom. The third kappa shape index (κ3) is 2.87. The van der Waals surface area contributed by atoms with Crippen molar-refractivity contribution in [1.29, 1.82) is 0 Å². The summed E-state index contributed by atoms with van der Waals surface area (Å²) >= 11 is 5.76. The van der Waals surface area contributed by atoms with Gasteiger partial charge in [-0.05, 0) is 24.3 Å². The van der Waals surface area contributed by atoms with Crippen molar-refractivity contribution >= 4 is 23.2 Å². The van der Waals surface area contributed by atoms with Gasteiger partial charge in [-0.1, -0.05) is 11.6 Å². The van der Waals surface area contributed by atoms with Gasteiger partial charge >= 0.3 is 6.29 Å². The van der Waals surface area contributed by atoms with Crippen molar-refractivity contribution in [3.63, 3.8) is 0 Å². The second kappa shape index (κ2) is 4.85. The molecule has 1 aromatic carbocycles. The summed E-state index contributed by atoms with van der Waals surface area (Å²) in [5.41, 5.74) is 0.368. The van der Waals surface area contributed by atoms with E-state index in [4.69, 9.17) is 11.6 Å². The summed E-state index contributed by atoms with van der Waals surface area (Å²) in [5.74, 6) is -0.779. The maximum atomic E-state index is 12.9. The molecule has 0 fully saturated rings. The summed E-state index contributed by atoms with van der Waals surface area (Å²) in [6.45, 7) is 0. The monoisotopic (exact) mass is 312 g/mol. The van der Waals surface area contributed by atoms with Crippen molar-refractivity contribution < 1.29 is 23.0 Å². The second-order valence-corrected chi connectivity index (χ2v) is 4.58. The number of hydrogen-bond donors (Lipinski definition) is 1. The van der Waals surface area contributed by atoms with Crippen LogP contribution in [0.15, 0.2) is 36.5 Å². The van der Waals surface area contributed by atoms with Crippen LogP contribution in [0.3, 0.4) is 0 Å². The quantitative estimate of drug-likeness (QED) is 0.924. The van der Waals surface area contributed by atoms with Crippen LogP contribution >= 0.6 is 11.6 Å². The molecule has 0 radical (unpaired) electrons. The number of pyridine rings is 1. The molecule has 108 valence electrons. The van der Waals surface area contributed by atoms with Crippen LogP contribution in [0.5, 0.6) is 11.5 Å². The summed E-state index contributed by atoms with van der Waals surface area (Å²) in [6.07, 6.45) is -2.31. The third-order valence-electron chi connectivity index (χ3n) is 2.61. The van der Waals surface area contributed by atoms with Gasteiger partial charge in [-0.3, -0.25) is 9.78 Å². The lowest BCUT2D eigenvalue weighted by atomic mass is 10.2. The molecule has 0 saturated carbocycles. The van der Waals surface area contributed by atoms with Gasteiger partial charge in [0.1, 0.15) is 5.69 Å². The molecule has 0 aliphatic carbocycles. The highest BCUT2D eigenvalue weighted by Gasteiger charge is 2.43. The smallest absolute Gasteiger partial charge is 0.395 e. The number of aromatic nitrogens is 1. The highest BCUT2D eigenvalue weighted by molar-refractivity contribution is 6.30. The van der Waals surface area contributed by atoms with Crippen LogP contribution in [-0.4, -0.2) is 17.2 Å². The lowest BCUT2D eigenvalue weighted by Gasteiger charge is -2.05. The number of anilines is 1. The van der Waals surface area contributed by atoms with Crippen LogP contribution in [-0.2, 0) is 0 Å². The molecule has 0 saturated heterocycles. The molecular formula is C13H7ClF2N2O3. The van der Waals surface area contributed by atoms with Gasteiger partial charge in [-0.2, -0.15) is 0 Å². The zero-order chi connectivity index (χ0) is 15.0. The molecule has 0 unspecified atom stereocenters. The Hall–Kier alpha value is -2.41. The number of rotatable bonds is 2. The van der Waals surface area contributed by atoms with Crippen LogP contribution in [0.1, 0.15) is 10.5 Å². The van der Waals surface area contributed by atoms with Crippen molar-refractivity contribution in [2.75, 3.05) is 5.32 Å². The molecule has 1 aliphatic heterocycles. The Balaban J connectivity index is 1.79. The third-order valence-corrected chi connectivity index (χ3v) is 2.85. The minimum absolute atomic E-state index is 0.0983. The summed E-state index contributed by atoms with van der Waals surface area (Å²) in [5, 5.41) is 2.86. The minimum Gasteiger partial charge on any atom is -0.395 e. The summed E-state index contributed by atoms with van der Waals surface area (Å²) < 4.78 is 34.3. The number of nitrogens with one attached hydrogen (secondary N) is 1. The first-order chi connectivity index (χ1) is 9.93. The zero-order valence-electron chi connectivity index (χ0n) is 10.3. The standard InChI is InChI=1S/C13H7ClF2N2O3/c14-7-3-4-17-9(5-7)12(19)18-8-1-2-10-11(6-8)21-13(15,16)20-10/h1-6H,(H,18,19). The molecule has 21 heavy (non-hydrogen) atoms. The van der Waals surface area contributed by atoms with E-state index in [1.54, 1.807) is 0 Å². The number of fused-ring (bicyclic) bond motifs is 1. The Labute approximate surface area is 122 Å². The van der Waals surface area contributed by atoms with Crippen molar-refractivity contribution in [3.8, 4) is 11.5 Å². The molecule has 0 spiro atoms. The van der Waals surface area contributed by atoms with Crippen LogP contribution in [0, 0.1) is 0 Å². The predicted molar refractivity (Wildman–Crippen MR) is 69.8 cm³/mol. The first kappa shape index (κ1) is 13.6. The minimum atomic E-state index is -3.69. The van der Waals surface area contributed by atoms with Gasteiger partial charge in [-0.25, -0.2) is 0 Å². The van der Waals surface area contributed by atoms with Gasteiger partial charge in [0.25, 0.3) is 5.91 Å². The second-order valence-electron chi connectivity index (χ2n) is 4.14. The average molecular weight is 313 g/mol. The Morgan fingerprint density at radius 1 is 1.19 bits per heavy atom. The van der Waals surface area contributed by atoms with Gasteiger partial charge in [0.2, 0.25) is 0 Å². The Kier molecular flexibility index (Phi) is 3.13. The van der Waals surface area contributed by atoms with Crippen molar-refractivity contribution in [2.45, 2.75) is 6.29 Å². The molecule has 1 aliphatic rings. The number of carbonyl (C=O) groups excluding carboxylic acids is 1. The number of amides is 1. The molecule has 2 aromatic rings. The van der Waals surface area contributed by atoms with E-state index >= 15 is 0 Å². The van der Waals surface area contributed by atoms with E-state index in [0.29, 0.717) is 5.02 Å². The first-order valence-corrected chi connectivity index (χ1v) is 6.13. The van der Waals surface area contributed by atoms with Gasteiger partial charge in [0.05, 0.1) is 0 Å². The van der Waals surface area contributed by atoms with Crippen molar-refractivity contribution in [3.05, 3.63) is 47.2 Å². The van der Waals surface area contributed by atoms with E-state index in [-0.39, 0.29) is 22.9 Å². The molecule has 1 amide bonds. The normalized spacial score (nSPS) is 14.8. The number of ether oxygens (including phenoxy) is 2. The van der Waals surface area contributed by atoms with Gasteiger partial charge in [-0.15, -0.1) is 8.78 Å². The lowest BCUT2D eigenvalue weighted by Crippen LogP contribution is -2.25. The van der Waals surface area contributed by atoms with Gasteiger partial charge in [0, 0.05) is 23.0 Å². The summed E-state index contributed by atoms with van der Waals surface area (Å²) in [6, 6.07) is 6.83. The van der Waals surface area contributed by atoms with Crippen LogP contribution in [0.4, 0.5) is 14.5 Å². The fourth-order valence-electron chi connectivity index (χ4n) is 1.75. The molecule has 0 atom stereocenters. The van der Waals surface area contributed by atoms with Crippen LogP contribution < -0.4 is 14.8 Å². The predicted octanol–water partition coefficient (Wildman–Crippen LogP) is 3.31. The Bertz CT molecular complexity index is 724. The fourth-order valence-corrected chi connectivity index (χ4v) is 1.91. The van der Waals surface area contributed by atoms with E-state index in [2.05, 4.69) is 19.8 Å². The van der Waals surface area contributed by atoms with Crippen LogP contribution in [0.2, 0.25) is 5.02 Å². The largest absolute Gasteiger partial charge is 0.586 e. The topological polar surface area (TPSA) is 60.5 Å². The van der Waals surface area contributed by atoms with E-state index in [9.17, 15) is 13.6 Å². The number of benzene rings is 1. The molecule has 2 heterocycles. The van der Waals surface area contributed by atoms with Gasteiger partial charge in [0.15, 0.2) is 11.5 Å². The summed E-state index contributed by atoms with van der Waals surface area (Å²) in [4.78, 5) is 15.8. The molecule has 1 aromatic heterocycles. The van der Waals surface area contributed by atoms with Crippen LogP contribution in [0.25, 0.3) is 0 Å². The fraction of sp³-hybridized carbons (Fsp3) is 0.0769. The van der Waals surface area contributed by atoms with E-state index in [1.165, 1.54) is 36.5 Å². The molecule has 5 nitrogen and oxygen atoms in total. The summed E-state index contributed by atoms with van der Waals surface area (Å²) in [7, 11) is 0. The van der Waals surface area contributed by atoms with E-state index < -0.39 is 12.2 Å². The maximum Gasteiger partial charge on any atom is 0.586 e. The number of carbonyl (C=O) groups is 1.